The van der Waals surface area contributed by atoms with Gasteiger partial charge in [0.05, 0.1) is 16.8 Å². The molecule has 2 aliphatic heterocycles. The summed E-state index contributed by atoms with van der Waals surface area (Å²) in [5, 5.41) is 1.24. The Kier molecular flexibility index (Phi) is 5.06. The van der Waals surface area contributed by atoms with Crippen molar-refractivity contribution in [2.24, 2.45) is 0 Å². The predicted octanol–water partition coefficient (Wildman–Crippen LogP) is 3.36. The second-order valence-electron chi connectivity index (χ2n) is 8.22. The van der Waals surface area contributed by atoms with Crippen molar-refractivity contribution in [2.45, 2.75) is 37.9 Å². The fourth-order valence-corrected chi connectivity index (χ4v) is 6.39. The highest BCUT2D eigenvalue weighted by atomic mass is 32.2. The van der Waals surface area contributed by atoms with Gasteiger partial charge in [0, 0.05) is 36.9 Å². The van der Waals surface area contributed by atoms with Gasteiger partial charge in [0.15, 0.2) is 12.2 Å². The van der Waals surface area contributed by atoms with Gasteiger partial charge in [0.1, 0.15) is 17.8 Å². The van der Waals surface area contributed by atoms with E-state index in [4.69, 9.17) is 4.42 Å². The maximum absolute atomic E-state index is 13.9. The summed E-state index contributed by atoms with van der Waals surface area (Å²) in [5.74, 6) is 0.163. The predicted molar refractivity (Wildman–Crippen MR) is 116 cm³/mol. The molecule has 0 N–H and O–H groups in total. The van der Waals surface area contributed by atoms with E-state index in [-0.39, 0.29) is 6.04 Å². The minimum atomic E-state index is -3.67. The number of anilines is 1. The number of piperidine rings is 1. The van der Waals surface area contributed by atoms with E-state index in [1.165, 1.54) is 40.6 Å². The van der Waals surface area contributed by atoms with Crippen LogP contribution in [0.3, 0.4) is 0 Å². The molecule has 32 heavy (non-hydrogen) atoms. The lowest BCUT2D eigenvalue weighted by molar-refractivity contribution is 0.118. The molecule has 0 aliphatic carbocycles. The van der Waals surface area contributed by atoms with E-state index in [0.717, 1.165) is 11.3 Å². The van der Waals surface area contributed by atoms with Gasteiger partial charge in [-0.3, -0.25) is 9.21 Å². The molecule has 10 heteroatoms. The van der Waals surface area contributed by atoms with E-state index in [2.05, 4.69) is 26.8 Å². The van der Waals surface area contributed by atoms with Crippen LogP contribution in [0.25, 0.3) is 11.3 Å². The molecule has 0 unspecified atom stereocenters. The van der Waals surface area contributed by atoms with Crippen molar-refractivity contribution < 1.29 is 17.2 Å². The van der Waals surface area contributed by atoms with Crippen molar-refractivity contribution in [2.75, 3.05) is 10.8 Å². The summed E-state index contributed by atoms with van der Waals surface area (Å²) >= 11 is 0. The summed E-state index contributed by atoms with van der Waals surface area (Å²) in [5.41, 5.74) is 1.16. The van der Waals surface area contributed by atoms with Gasteiger partial charge < -0.3 is 4.42 Å². The summed E-state index contributed by atoms with van der Waals surface area (Å²) in [6, 6.07) is 5.80. The number of rotatable bonds is 4. The fraction of sp³-hybridized carbons (Fsp3) is 0.318. The second kappa shape index (κ2) is 7.79. The van der Waals surface area contributed by atoms with Crippen LogP contribution in [0.2, 0.25) is 0 Å². The van der Waals surface area contributed by atoms with Gasteiger partial charge in [0.2, 0.25) is 0 Å². The third-order valence-corrected chi connectivity index (χ3v) is 7.74. The quantitative estimate of drug-likeness (QED) is 0.596. The van der Waals surface area contributed by atoms with Crippen molar-refractivity contribution in [1.82, 2.24) is 19.9 Å². The van der Waals surface area contributed by atoms with Crippen LogP contribution >= 0.6 is 0 Å². The molecule has 2 atom stereocenters. The topological polar surface area (TPSA) is 92.4 Å². The van der Waals surface area contributed by atoms with Gasteiger partial charge in [-0.2, -0.15) is 0 Å². The summed E-state index contributed by atoms with van der Waals surface area (Å²) in [6.45, 7) is 3.26. The van der Waals surface area contributed by atoms with E-state index in [1.54, 1.807) is 24.5 Å². The Morgan fingerprint density at radius 3 is 2.84 bits per heavy atom. The molecule has 5 rings (SSSR count). The molecule has 8 nitrogen and oxygen atoms in total. The highest BCUT2D eigenvalue weighted by Gasteiger charge is 2.49. The standard InChI is InChI=1S/C22H22FN5O3S/c1-16-10-22(6-8-32(29,30)28(22)19-4-2-3-18(23)9-19)5-7-27(16)13-20-21(31-15-26-20)17-11-24-14-25-12-17/h2-4,6,8-9,11-12,14-16H,5,7,10,13H2,1H3/t16-,22-/m0/s1. The van der Waals surface area contributed by atoms with Gasteiger partial charge in [-0.25, -0.2) is 27.8 Å². The van der Waals surface area contributed by atoms with Crippen molar-refractivity contribution >= 4 is 15.7 Å². The van der Waals surface area contributed by atoms with Crippen LogP contribution in [0.5, 0.6) is 0 Å². The van der Waals surface area contributed by atoms with Crippen LogP contribution in [0.4, 0.5) is 10.1 Å². The number of oxazole rings is 1. The lowest BCUT2D eigenvalue weighted by Gasteiger charge is -2.47. The second-order valence-corrected chi connectivity index (χ2v) is 9.89. The fourth-order valence-electron chi connectivity index (χ4n) is 4.70. The van der Waals surface area contributed by atoms with Gasteiger partial charge in [-0.15, -0.1) is 0 Å². The molecule has 4 heterocycles. The van der Waals surface area contributed by atoms with Crippen LogP contribution in [0.1, 0.15) is 25.5 Å². The zero-order valence-corrected chi connectivity index (χ0v) is 18.2. The Labute approximate surface area is 185 Å². The molecule has 1 spiro atoms. The Bertz CT molecular complexity index is 1260. The molecule has 0 bridgehead atoms. The molecule has 1 aromatic carbocycles. The Morgan fingerprint density at radius 2 is 2.09 bits per heavy atom. The van der Waals surface area contributed by atoms with Crippen molar-refractivity contribution in [1.29, 1.82) is 0 Å². The van der Waals surface area contributed by atoms with E-state index in [1.807, 2.05) is 0 Å². The molecule has 1 saturated heterocycles. The van der Waals surface area contributed by atoms with Gasteiger partial charge in [0.25, 0.3) is 10.0 Å². The molecule has 166 valence electrons. The number of benzene rings is 1. The van der Waals surface area contributed by atoms with Crippen molar-refractivity contribution in [3.63, 3.8) is 0 Å². The van der Waals surface area contributed by atoms with Gasteiger partial charge >= 0.3 is 0 Å². The Hall–Kier alpha value is -3.11. The smallest absolute Gasteiger partial charge is 0.258 e. The SMILES string of the molecule is C[C@H]1C[C@@]2(C=CS(=O)(=O)N2c2cccc(F)c2)CCN1Cc1ncoc1-c1cncnc1. The van der Waals surface area contributed by atoms with Crippen LogP contribution < -0.4 is 4.31 Å². The summed E-state index contributed by atoms with van der Waals surface area (Å²) in [6.07, 6.45) is 9.12. The first kappa shape index (κ1) is 20.8. The largest absolute Gasteiger partial charge is 0.443 e. The van der Waals surface area contributed by atoms with Gasteiger partial charge in [-0.05, 0) is 44.0 Å². The highest BCUT2D eigenvalue weighted by molar-refractivity contribution is 7.96. The third-order valence-electron chi connectivity index (χ3n) is 6.17. The molecule has 0 amide bonds. The molecule has 0 saturated carbocycles. The Morgan fingerprint density at radius 1 is 1.28 bits per heavy atom. The first-order valence-corrected chi connectivity index (χ1v) is 11.8. The molecular formula is C22H22FN5O3S. The summed E-state index contributed by atoms with van der Waals surface area (Å²) in [4.78, 5) is 14.7. The van der Waals surface area contributed by atoms with Crippen LogP contribution in [-0.2, 0) is 16.6 Å². The zero-order valence-electron chi connectivity index (χ0n) is 17.4. The number of nitrogens with zero attached hydrogens (tertiary/aromatic N) is 5. The first-order chi connectivity index (χ1) is 15.4. The number of hydrogen-bond acceptors (Lipinski definition) is 7. The molecule has 2 aromatic heterocycles. The minimum Gasteiger partial charge on any atom is -0.443 e. The molecule has 3 aromatic rings. The zero-order chi connectivity index (χ0) is 22.3. The van der Waals surface area contributed by atoms with Crippen LogP contribution in [0.15, 0.2) is 65.3 Å². The lowest BCUT2D eigenvalue weighted by Crippen LogP contribution is -2.56. The maximum Gasteiger partial charge on any atom is 0.258 e. The summed E-state index contributed by atoms with van der Waals surface area (Å²) in [7, 11) is -3.67. The number of sulfonamides is 1. The van der Waals surface area contributed by atoms with Crippen LogP contribution in [-0.4, -0.2) is 46.4 Å². The monoisotopic (exact) mass is 455 g/mol. The van der Waals surface area contributed by atoms with Gasteiger partial charge in [-0.1, -0.05) is 6.07 Å². The van der Waals surface area contributed by atoms with Crippen molar-refractivity contribution in [3.05, 3.63) is 72.4 Å². The average molecular weight is 456 g/mol. The third kappa shape index (κ3) is 3.59. The normalized spacial score (nSPS) is 24.9. The minimum absolute atomic E-state index is 0.0503. The highest BCUT2D eigenvalue weighted by Crippen LogP contribution is 2.43. The maximum atomic E-state index is 13.9. The number of halogens is 1. The van der Waals surface area contributed by atoms with Crippen LogP contribution in [0, 0.1) is 5.82 Å². The lowest BCUT2D eigenvalue weighted by atomic mass is 9.83. The average Bonchev–Trinajstić information content (AvgIpc) is 3.33. The number of likely N-dealkylation sites (tertiary alicyclic amines) is 1. The van der Waals surface area contributed by atoms with E-state index >= 15 is 0 Å². The van der Waals surface area contributed by atoms with E-state index in [9.17, 15) is 12.8 Å². The molecule has 0 radical (unpaired) electrons. The number of aromatic nitrogens is 3. The van der Waals surface area contributed by atoms with Crippen molar-refractivity contribution in [3.8, 4) is 11.3 Å². The molecule has 2 aliphatic rings. The van der Waals surface area contributed by atoms with E-state index in [0.29, 0.717) is 37.4 Å². The van der Waals surface area contributed by atoms with E-state index < -0.39 is 21.4 Å². The summed E-state index contributed by atoms with van der Waals surface area (Å²) < 4.78 is 46.6. The number of hydrogen-bond donors (Lipinski definition) is 0. The molecule has 1 fully saturated rings. The Balaban J connectivity index is 1.39. The molecular weight excluding hydrogens is 433 g/mol. The first-order valence-electron chi connectivity index (χ1n) is 10.3.